The number of carbonyl (C=O) groups excluding carboxylic acids is 2. The molecule has 3 heterocycles. The third-order valence-corrected chi connectivity index (χ3v) is 5.11. The molecule has 1 saturated heterocycles. The monoisotopic (exact) mass is 380 g/mol. The van der Waals surface area contributed by atoms with Gasteiger partial charge >= 0.3 is 0 Å². The number of hydrogen-bond acceptors (Lipinski definition) is 7. The molecular formula is C19H20N6O3. The van der Waals surface area contributed by atoms with Crippen molar-refractivity contribution in [2.24, 2.45) is 10.7 Å². The van der Waals surface area contributed by atoms with Gasteiger partial charge in [-0.15, -0.1) is 0 Å². The van der Waals surface area contributed by atoms with Gasteiger partial charge in [0.1, 0.15) is 5.54 Å². The predicted molar refractivity (Wildman–Crippen MR) is 102 cm³/mol. The fourth-order valence-corrected chi connectivity index (χ4v) is 3.50. The minimum absolute atomic E-state index is 0.0803. The minimum Gasteiger partial charge on any atom is -0.481 e. The molecule has 2 aliphatic rings. The summed E-state index contributed by atoms with van der Waals surface area (Å²) in [6, 6.07) is 8.80. The van der Waals surface area contributed by atoms with Crippen molar-refractivity contribution < 1.29 is 14.3 Å². The van der Waals surface area contributed by atoms with Crippen LogP contribution in [0.1, 0.15) is 23.2 Å². The van der Waals surface area contributed by atoms with Crippen molar-refractivity contribution >= 4 is 17.8 Å². The second-order valence-electron chi connectivity index (χ2n) is 6.77. The zero-order valence-electron chi connectivity index (χ0n) is 15.4. The van der Waals surface area contributed by atoms with Gasteiger partial charge in [-0.05, 0) is 25.0 Å². The van der Waals surface area contributed by atoms with Crippen molar-refractivity contribution in [3.8, 4) is 17.3 Å². The number of likely N-dealkylation sites (tertiary alicyclic amines) is 1. The van der Waals surface area contributed by atoms with Crippen molar-refractivity contribution in [1.82, 2.24) is 20.2 Å². The van der Waals surface area contributed by atoms with E-state index in [1.54, 1.807) is 36.4 Å². The van der Waals surface area contributed by atoms with E-state index in [0.29, 0.717) is 43.2 Å². The summed E-state index contributed by atoms with van der Waals surface area (Å²) >= 11 is 0. The molecule has 2 aromatic rings. The number of amides is 2. The van der Waals surface area contributed by atoms with Crippen LogP contribution < -0.4 is 15.8 Å². The number of nitrogens with two attached hydrogens (primary N) is 1. The standard InChI is InChI=1S/C19H20N6O3/c1-28-14-6-9-21-15(22-14)12-2-4-13(5-3-12)16(26)25-10-7-19(8-11-25)17(27)23-18(20)24-19/h2-6,9H,7-8,10-11H2,1H3,(H3,20,23,24,27). The lowest BCUT2D eigenvalue weighted by Gasteiger charge is -2.35. The smallest absolute Gasteiger partial charge is 0.254 e. The highest BCUT2D eigenvalue weighted by Crippen LogP contribution is 2.30. The lowest BCUT2D eigenvalue weighted by molar-refractivity contribution is -0.125. The van der Waals surface area contributed by atoms with Crippen LogP contribution in [0.2, 0.25) is 0 Å². The first-order valence-corrected chi connectivity index (χ1v) is 8.94. The summed E-state index contributed by atoms with van der Waals surface area (Å²) in [4.78, 5) is 39.4. The summed E-state index contributed by atoms with van der Waals surface area (Å²) in [5.41, 5.74) is 6.15. The highest BCUT2D eigenvalue weighted by molar-refractivity contribution is 6.07. The number of aromatic nitrogens is 2. The molecule has 0 bridgehead atoms. The van der Waals surface area contributed by atoms with Gasteiger partial charge in [0.2, 0.25) is 5.88 Å². The third-order valence-electron chi connectivity index (χ3n) is 5.11. The molecule has 9 heteroatoms. The first-order chi connectivity index (χ1) is 13.5. The van der Waals surface area contributed by atoms with Crippen molar-refractivity contribution in [1.29, 1.82) is 0 Å². The van der Waals surface area contributed by atoms with Crippen molar-refractivity contribution in [3.63, 3.8) is 0 Å². The van der Waals surface area contributed by atoms with Gasteiger partial charge in [-0.2, -0.15) is 4.98 Å². The zero-order chi connectivity index (χ0) is 19.7. The molecule has 0 radical (unpaired) electrons. The van der Waals surface area contributed by atoms with E-state index in [0.717, 1.165) is 5.56 Å². The predicted octanol–water partition coefficient (Wildman–Crippen LogP) is 0.571. The fourth-order valence-electron chi connectivity index (χ4n) is 3.50. The maximum absolute atomic E-state index is 12.8. The number of guanidine groups is 1. The Bertz CT molecular complexity index is 948. The maximum Gasteiger partial charge on any atom is 0.254 e. The molecule has 144 valence electrons. The SMILES string of the molecule is COc1ccnc(-c2ccc(C(=O)N3CCC4(CC3)N=C(N)NC4=O)cc2)n1. The number of aliphatic imine (C=N–C) groups is 1. The quantitative estimate of drug-likeness (QED) is 0.803. The lowest BCUT2D eigenvalue weighted by Crippen LogP contribution is -2.50. The van der Waals surface area contributed by atoms with E-state index in [2.05, 4.69) is 20.3 Å². The number of nitrogens with zero attached hydrogens (tertiary/aromatic N) is 4. The van der Waals surface area contributed by atoms with E-state index >= 15 is 0 Å². The summed E-state index contributed by atoms with van der Waals surface area (Å²) in [6.07, 6.45) is 2.54. The van der Waals surface area contributed by atoms with Crippen LogP contribution in [-0.4, -0.2) is 58.4 Å². The number of nitrogens with one attached hydrogen (secondary N) is 1. The van der Waals surface area contributed by atoms with Gasteiger partial charge in [-0.25, -0.2) is 9.98 Å². The van der Waals surface area contributed by atoms with Gasteiger partial charge in [0.05, 0.1) is 7.11 Å². The number of ether oxygens (including phenoxy) is 1. The van der Waals surface area contributed by atoms with Gasteiger partial charge in [0.15, 0.2) is 11.8 Å². The molecule has 1 spiro atoms. The van der Waals surface area contributed by atoms with E-state index in [9.17, 15) is 9.59 Å². The van der Waals surface area contributed by atoms with E-state index in [1.807, 2.05) is 12.1 Å². The topological polar surface area (TPSA) is 123 Å². The van der Waals surface area contributed by atoms with Gasteiger partial charge in [0.25, 0.3) is 11.8 Å². The molecular weight excluding hydrogens is 360 g/mol. The van der Waals surface area contributed by atoms with Crippen LogP contribution >= 0.6 is 0 Å². The second kappa shape index (κ2) is 6.91. The van der Waals surface area contributed by atoms with Crippen LogP contribution in [0.25, 0.3) is 11.4 Å². The average molecular weight is 380 g/mol. The van der Waals surface area contributed by atoms with Gasteiger partial charge in [0, 0.05) is 36.5 Å². The summed E-state index contributed by atoms with van der Waals surface area (Å²) in [6.45, 7) is 0.896. The van der Waals surface area contributed by atoms with Crippen LogP contribution in [0.3, 0.4) is 0 Å². The highest BCUT2D eigenvalue weighted by Gasteiger charge is 2.46. The molecule has 9 nitrogen and oxygen atoms in total. The summed E-state index contributed by atoms with van der Waals surface area (Å²) in [5, 5.41) is 2.55. The first-order valence-electron chi connectivity index (χ1n) is 8.94. The Balaban J connectivity index is 1.45. The van der Waals surface area contributed by atoms with Gasteiger partial charge in [-0.3, -0.25) is 14.9 Å². The zero-order valence-corrected chi connectivity index (χ0v) is 15.4. The van der Waals surface area contributed by atoms with Crippen molar-refractivity contribution in [2.45, 2.75) is 18.4 Å². The summed E-state index contributed by atoms with van der Waals surface area (Å²) in [7, 11) is 1.55. The Labute approximate surface area is 161 Å². The molecule has 0 saturated carbocycles. The van der Waals surface area contributed by atoms with Gasteiger partial charge < -0.3 is 15.4 Å². The minimum atomic E-state index is -0.825. The van der Waals surface area contributed by atoms with E-state index < -0.39 is 5.54 Å². The lowest BCUT2D eigenvalue weighted by atomic mass is 9.87. The van der Waals surface area contributed by atoms with Crippen LogP contribution in [0.15, 0.2) is 41.5 Å². The molecule has 3 N–H and O–H groups in total. The number of rotatable bonds is 3. The molecule has 0 unspecified atom stereocenters. The van der Waals surface area contributed by atoms with E-state index in [-0.39, 0.29) is 17.8 Å². The Hall–Kier alpha value is -3.49. The number of piperidine rings is 1. The molecule has 0 atom stereocenters. The van der Waals surface area contributed by atoms with Crippen LogP contribution in [0.5, 0.6) is 5.88 Å². The Morgan fingerprint density at radius 2 is 1.93 bits per heavy atom. The fraction of sp³-hybridized carbons (Fsp3) is 0.316. The van der Waals surface area contributed by atoms with Crippen LogP contribution in [-0.2, 0) is 4.79 Å². The Morgan fingerprint density at radius 3 is 2.54 bits per heavy atom. The summed E-state index contributed by atoms with van der Waals surface area (Å²) in [5.74, 6) is 0.899. The first kappa shape index (κ1) is 17.9. The largest absolute Gasteiger partial charge is 0.481 e. The van der Waals surface area contributed by atoms with Crippen molar-refractivity contribution in [3.05, 3.63) is 42.1 Å². The number of benzene rings is 1. The molecule has 2 amide bonds. The number of hydrogen-bond donors (Lipinski definition) is 2. The van der Waals surface area contributed by atoms with E-state index in [1.165, 1.54) is 0 Å². The number of carbonyl (C=O) groups is 2. The van der Waals surface area contributed by atoms with Crippen LogP contribution in [0.4, 0.5) is 0 Å². The highest BCUT2D eigenvalue weighted by atomic mass is 16.5. The van der Waals surface area contributed by atoms with Gasteiger partial charge in [-0.1, -0.05) is 12.1 Å². The Morgan fingerprint density at radius 1 is 1.21 bits per heavy atom. The van der Waals surface area contributed by atoms with Crippen molar-refractivity contribution in [2.75, 3.05) is 20.2 Å². The van der Waals surface area contributed by atoms with Crippen LogP contribution in [0, 0.1) is 0 Å². The van der Waals surface area contributed by atoms with E-state index in [4.69, 9.17) is 10.5 Å². The molecule has 1 aromatic carbocycles. The maximum atomic E-state index is 12.8. The molecule has 1 fully saturated rings. The second-order valence-corrected chi connectivity index (χ2v) is 6.77. The molecule has 2 aliphatic heterocycles. The normalized spacial score (nSPS) is 18.0. The number of methoxy groups -OCH3 is 1. The molecule has 4 rings (SSSR count). The third kappa shape index (κ3) is 3.15. The Kier molecular flexibility index (Phi) is 4.42. The molecule has 0 aliphatic carbocycles. The average Bonchev–Trinajstić information content (AvgIpc) is 3.00. The molecule has 28 heavy (non-hydrogen) atoms. The molecule has 1 aromatic heterocycles. The summed E-state index contributed by atoms with van der Waals surface area (Å²) < 4.78 is 5.11.